The quantitative estimate of drug-likeness (QED) is 0.765. The first kappa shape index (κ1) is 17.1. The first-order valence-electron chi connectivity index (χ1n) is 10.4. The Morgan fingerprint density at radius 1 is 1.30 bits per heavy atom. The number of carbonyl (C=O) groups is 1. The van der Waals surface area contributed by atoms with Gasteiger partial charge in [-0.15, -0.1) is 0 Å². The van der Waals surface area contributed by atoms with Crippen LogP contribution in [0.1, 0.15) is 63.2 Å². The van der Waals surface area contributed by atoms with Gasteiger partial charge < -0.3 is 15.0 Å². The van der Waals surface area contributed by atoms with Gasteiger partial charge in [-0.2, -0.15) is 0 Å². The molecule has 144 valence electrons. The predicted molar refractivity (Wildman–Crippen MR) is 106 cm³/mol. The second-order valence-corrected chi connectivity index (χ2v) is 9.69. The highest BCUT2D eigenvalue weighted by molar-refractivity contribution is 6.04. The molecule has 4 saturated carbocycles. The summed E-state index contributed by atoms with van der Waals surface area (Å²) in [5.41, 5.74) is 2.80. The van der Waals surface area contributed by atoms with E-state index in [9.17, 15) is 4.79 Å². The molecule has 2 atom stereocenters. The third kappa shape index (κ3) is 2.82. The standard InChI is InChI=1S/C22H29N3O2/c1-12(2)27-21(26)17-11-24-20-16(4-5-23-20)19(17)25-18-14-6-13-7-15(18)10-22(3,8-13)9-14/h4-5,11-15,18H,6-10H2,1-3H3,(H2,23,24,25). The van der Waals surface area contributed by atoms with E-state index in [0.29, 0.717) is 28.9 Å². The zero-order chi connectivity index (χ0) is 18.8. The number of H-pyrrole nitrogens is 1. The second kappa shape index (κ2) is 5.98. The van der Waals surface area contributed by atoms with Crippen molar-refractivity contribution < 1.29 is 9.53 Å². The fourth-order valence-electron chi connectivity index (χ4n) is 6.43. The number of carbonyl (C=O) groups excluding carboxylic acids is 1. The van der Waals surface area contributed by atoms with E-state index in [2.05, 4.69) is 22.2 Å². The number of nitrogens with zero attached hydrogens (tertiary/aromatic N) is 1. The molecule has 0 saturated heterocycles. The van der Waals surface area contributed by atoms with Gasteiger partial charge in [0, 0.05) is 23.8 Å². The number of aromatic amines is 1. The van der Waals surface area contributed by atoms with Crippen molar-refractivity contribution in [1.82, 2.24) is 9.97 Å². The van der Waals surface area contributed by atoms with Crippen LogP contribution in [0, 0.1) is 23.2 Å². The number of hydrogen-bond donors (Lipinski definition) is 2. The molecule has 0 radical (unpaired) electrons. The number of rotatable bonds is 4. The molecule has 6 rings (SSSR count). The van der Waals surface area contributed by atoms with Crippen molar-refractivity contribution in [2.45, 2.75) is 65.0 Å². The average Bonchev–Trinajstić information content (AvgIpc) is 3.04. The summed E-state index contributed by atoms with van der Waals surface area (Å²) in [6.07, 6.45) is 10.1. The minimum atomic E-state index is -0.293. The summed E-state index contributed by atoms with van der Waals surface area (Å²) >= 11 is 0. The summed E-state index contributed by atoms with van der Waals surface area (Å²) in [5.74, 6) is 2.02. The van der Waals surface area contributed by atoms with Crippen molar-refractivity contribution in [2.24, 2.45) is 23.2 Å². The van der Waals surface area contributed by atoms with Gasteiger partial charge in [0.15, 0.2) is 0 Å². The molecule has 2 N–H and O–H groups in total. The molecule has 5 nitrogen and oxygen atoms in total. The van der Waals surface area contributed by atoms with Crippen LogP contribution >= 0.6 is 0 Å². The molecule has 27 heavy (non-hydrogen) atoms. The van der Waals surface area contributed by atoms with Gasteiger partial charge >= 0.3 is 5.97 Å². The van der Waals surface area contributed by atoms with Gasteiger partial charge in [0.05, 0.1) is 11.8 Å². The summed E-state index contributed by atoms with van der Waals surface area (Å²) in [6, 6.07) is 2.45. The number of ether oxygens (including phenoxy) is 1. The summed E-state index contributed by atoms with van der Waals surface area (Å²) in [7, 11) is 0. The van der Waals surface area contributed by atoms with Gasteiger partial charge in [-0.3, -0.25) is 0 Å². The number of aromatic nitrogens is 2. The molecule has 2 heterocycles. The molecule has 2 aromatic heterocycles. The molecule has 4 aliphatic carbocycles. The van der Waals surface area contributed by atoms with Gasteiger partial charge in [0.25, 0.3) is 0 Å². The van der Waals surface area contributed by atoms with Gasteiger partial charge in [-0.05, 0) is 75.2 Å². The molecule has 4 bridgehead atoms. The molecule has 4 fully saturated rings. The van der Waals surface area contributed by atoms with Crippen LogP contribution in [0.3, 0.4) is 0 Å². The molecular formula is C22H29N3O2. The molecule has 0 amide bonds. The fraction of sp³-hybridized carbons (Fsp3) is 0.636. The minimum Gasteiger partial charge on any atom is -0.459 e. The van der Waals surface area contributed by atoms with Crippen LogP contribution in [0.5, 0.6) is 0 Å². The summed E-state index contributed by atoms with van der Waals surface area (Å²) < 4.78 is 5.50. The van der Waals surface area contributed by atoms with Crippen LogP contribution in [0.4, 0.5) is 5.69 Å². The lowest BCUT2D eigenvalue weighted by Crippen LogP contribution is -2.55. The minimum absolute atomic E-state index is 0.145. The molecule has 0 spiro atoms. The fourth-order valence-corrected chi connectivity index (χ4v) is 6.43. The van der Waals surface area contributed by atoms with Gasteiger partial charge in [0.2, 0.25) is 0 Å². The molecule has 4 aliphatic rings. The van der Waals surface area contributed by atoms with E-state index < -0.39 is 0 Å². The van der Waals surface area contributed by atoms with E-state index in [4.69, 9.17) is 4.74 Å². The first-order valence-corrected chi connectivity index (χ1v) is 10.4. The van der Waals surface area contributed by atoms with Crippen LogP contribution < -0.4 is 5.32 Å². The van der Waals surface area contributed by atoms with E-state index in [0.717, 1.165) is 22.6 Å². The maximum atomic E-state index is 12.7. The van der Waals surface area contributed by atoms with E-state index in [-0.39, 0.29) is 12.1 Å². The molecule has 0 aliphatic heterocycles. The molecule has 5 heteroatoms. The van der Waals surface area contributed by atoms with E-state index in [1.807, 2.05) is 26.1 Å². The van der Waals surface area contributed by atoms with Crippen molar-refractivity contribution in [3.8, 4) is 0 Å². The number of esters is 1. The van der Waals surface area contributed by atoms with E-state index >= 15 is 0 Å². The Morgan fingerprint density at radius 3 is 2.70 bits per heavy atom. The smallest absolute Gasteiger partial charge is 0.342 e. The number of fused-ring (bicyclic) bond motifs is 1. The van der Waals surface area contributed by atoms with E-state index in [1.165, 1.54) is 32.1 Å². The number of anilines is 1. The third-order valence-electron chi connectivity index (χ3n) is 7.04. The maximum absolute atomic E-state index is 12.7. The van der Waals surface area contributed by atoms with Crippen molar-refractivity contribution in [3.05, 3.63) is 24.0 Å². The van der Waals surface area contributed by atoms with Crippen LogP contribution in [0.2, 0.25) is 0 Å². The Morgan fingerprint density at radius 2 is 2.04 bits per heavy atom. The van der Waals surface area contributed by atoms with Crippen molar-refractivity contribution in [2.75, 3.05) is 5.32 Å². The SMILES string of the molecule is CC(C)OC(=O)c1cnc2[nH]ccc2c1NC1C2CC3CC1CC(C)(C3)C2. The van der Waals surface area contributed by atoms with Gasteiger partial charge in [-0.25, -0.2) is 9.78 Å². The van der Waals surface area contributed by atoms with Crippen LogP contribution in [-0.2, 0) is 4.74 Å². The summed E-state index contributed by atoms with van der Waals surface area (Å²) in [4.78, 5) is 20.3. The average molecular weight is 367 g/mol. The highest BCUT2D eigenvalue weighted by Gasteiger charge is 2.53. The monoisotopic (exact) mass is 367 g/mol. The Labute approximate surface area is 160 Å². The number of hydrogen-bond acceptors (Lipinski definition) is 4. The van der Waals surface area contributed by atoms with E-state index in [1.54, 1.807) is 6.20 Å². The summed E-state index contributed by atoms with van der Waals surface area (Å²) in [6.45, 7) is 6.24. The first-order chi connectivity index (χ1) is 12.9. The predicted octanol–water partition coefficient (Wildman–Crippen LogP) is 4.75. The zero-order valence-corrected chi connectivity index (χ0v) is 16.4. The highest BCUT2D eigenvalue weighted by atomic mass is 16.5. The summed E-state index contributed by atoms with van der Waals surface area (Å²) in [5, 5.41) is 4.81. The Kier molecular flexibility index (Phi) is 3.78. The largest absolute Gasteiger partial charge is 0.459 e. The van der Waals surface area contributed by atoms with Crippen molar-refractivity contribution >= 4 is 22.7 Å². The molecule has 2 unspecified atom stereocenters. The van der Waals surface area contributed by atoms with Crippen LogP contribution in [-0.4, -0.2) is 28.1 Å². The van der Waals surface area contributed by atoms with Gasteiger partial charge in [0.1, 0.15) is 11.2 Å². The molecule has 0 aromatic carbocycles. The third-order valence-corrected chi connectivity index (χ3v) is 7.04. The topological polar surface area (TPSA) is 67.0 Å². The normalized spacial score (nSPS) is 34.4. The Hall–Kier alpha value is -2.04. The van der Waals surface area contributed by atoms with Crippen molar-refractivity contribution in [1.29, 1.82) is 0 Å². The van der Waals surface area contributed by atoms with Gasteiger partial charge in [-0.1, -0.05) is 6.92 Å². The maximum Gasteiger partial charge on any atom is 0.342 e. The lowest BCUT2D eigenvalue weighted by Gasteiger charge is -2.59. The number of nitrogens with one attached hydrogen (secondary N) is 2. The zero-order valence-electron chi connectivity index (χ0n) is 16.4. The van der Waals surface area contributed by atoms with Crippen molar-refractivity contribution in [3.63, 3.8) is 0 Å². The van der Waals surface area contributed by atoms with Crippen LogP contribution in [0.15, 0.2) is 18.5 Å². The Balaban J connectivity index is 1.51. The lowest BCUT2D eigenvalue weighted by molar-refractivity contribution is -0.0505. The van der Waals surface area contributed by atoms with Crippen LogP contribution in [0.25, 0.3) is 11.0 Å². The Bertz CT molecular complexity index is 871. The molecular weight excluding hydrogens is 338 g/mol. The second-order valence-electron chi connectivity index (χ2n) is 9.69. The number of pyridine rings is 1. The lowest BCUT2D eigenvalue weighted by atomic mass is 9.48. The molecule has 2 aromatic rings. The highest BCUT2D eigenvalue weighted by Crippen LogP contribution is 2.60.